The van der Waals surface area contributed by atoms with Gasteiger partial charge in [0.05, 0.1) is 6.67 Å². The fraction of sp³-hybridized carbons (Fsp3) is 0.400. The normalized spacial score (nSPS) is 11.8. The van der Waals surface area contributed by atoms with Crippen molar-refractivity contribution in [2.24, 2.45) is 7.05 Å². The molecular weight excluding hydrogens is 355 g/mol. The molecule has 0 saturated heterocycles. The molecule has 0 spiro atoms. The van der Waals surface area contributed by atoms with Crippen LogP contribution in [0.5, 0.6) is 0 Å². The lowest BCUT2D eigenvalue weighted by Gasteiger charge is -2.16. The summed E-state index contributed by atoms with van der Waals surface area (Å²) in [6.45, 7) is 0.577. The molecule has 0 atom stereocenters. The average molecular weight is 373 g/mol. The van der Waals surface area contributed by atoms with Crippen LogP contribution in [0.3, 0.4) is 0 Å². The van der Waals surface area contributed by atoms with Gasteiger partial charge < -0.3 is 5.32 Å². The van der Waals surface area contributed by atoms with E-state index in [0.29, 0.717) is 12.1 Å². The zero-order valence-corrected chi connectivity index (χ0v) is 14.8. The molecule has 0 radical (unpaired) electrons. The molecule has 1 aromatic heterocycles. The Hall–Kier alpha value is -2.20. The van der Waals surface area contributed by atoms with Crippen LogP contribution in [0, 0.1) is 4.77 Å². The van der Waals surface area contributed by atoms with Crippen molar-refractivity contribution < 1.29 is 18.0 Å². The van der Waals surface area contributed by atoms with E-state index < -0.39 is 12.0 Å². The van der Waals surface area contributed by atoms with E-state index in [-0.39, 0.29) is 17.3 Å². The standard InChI is InChI=1S/C15H18F3N5OS/c1-19-12(24)11-6-4-10(5-7-11)8-21(2)9-23-14(25)22(3)13(20-23)15(16,17)18/h4-7H,8-9H2,1-3H3,(H,19,24). The van der Waals surface area contributed by atoms with E-state index in [1.807, 2.05) is 0 Å². The lowest BCUT2D eigenvalue weighted by Crippen LogP contribution is -2.23. The highest BCUT2D eigenvalue weighted by atomic mass is 32.1. The second-order valence-corrected chi connectivity index (χ2v) is 5.96. The van der Waals surface area contributed by atoms with Crippen molar-refractivity contribution in [1.82, 2.24) is 24.6 Å². The lowest BCUT2D eigenvalue weighted by molar-refractivity contribution is -0.147. The summed E-state index contributed by atoms with van der Waals surface area (Å²) in [5.74, 6) is -1.21. The van der Waals surface area contributed by atoms with Gasteiger partial charge >= 0.3 is 6.18 Å². The van der Waals surface area contributed by atoms with Crippen molar-refractivity contribution in [2.45, 2.75) is 19.4 Å². The minimum atomic E-state index is -4.55. The van der Waals surface area contributed by atoms with Gasteiger partial charge in [0.1, 0.15) is 0 Å². The summed E-state index contributed by atoms with van der Waals surface area (Å²) in [5.41, 5.74) is 1.45. The van der Waals surface area contributed by atoms with E-state index in [4.69, 9.17) is 12.2 Å². The minimum absolute atomic E-state index is 0.00543. The molecule has 136 valence electrons. The topological polar surface area (TPSA) is 55.1 Å². The molecule has 0 aliphatic carbocycles. The Morgan fingerprint density at radius 2 is 1.92 bits per heavy atom. The SMILES string of the molecule is CNC(=O)c1ccc(CN(C)Cn2nc(C(F)(F)F)n(C)c2=S)cc1. The minimum Gasteiger partial charge on any atom is -0.355 e. The molecule has 0 aliphatic heterocycles. The number of nitrogens with one attached hydrogen (secondary N) is 1. The van der Waals surface area contributed by atoms with Crippen LogP contribution in [-0.2, 0) is 26.4 Å². The maximum atomic E-state index is 12.9. The first-order valence-electron chi connectivity index (χ1n) is 7.34. The highest BCUT2D eigenvalue weighted by Gasteiger charge is 2.37. The smallest absolute Gasteiger partial charge is 0.355 e. The van der Waals surface area contributed by atoms with Crippen molar-refractivity contribution in [3.63, 3.8) is 0 Å². The van der Waals surface area contributed by atoms with Gasteiger partial charge in [-0.15, -0.1) is 5.10 Å². The van der Waals surface area contributed by atoms with Gasteiger partial charge in [0.2, 0.25) is 5.82 Å². The number of hydrogen-bond acceptors (Lipinski definition) is 4. The molecule has 25 heavy (non-hydrogen) atoms. The van der Waals surface area contributed by atoms with Gasteiger partial charge in [0.25, 0.3) is 5.91 Å². The molecular formula is C15H18F3N5OS. The number of nitrogens with zero attached hydrogens (tertiary/aromatic N) is 4. The van der Waals surface area contributed by atoms with Crippen LogP contribution in [0.15, 0.2) is 24.3 Å². The van der Waals surface area contributed by atoms with Gasteiger partial charge in [-0.2, -0.15) is 13.2 Å². The first-order chi connectivity index (χ1) is 11.6. The third-order valence-electron chi connectivity index (χ3n) is 3.57. The van der Waals surface area contributed by atoms with E-state index >= 15 is 0 Å². The number of carbonyl (C=O) groups excluding carboxylic acids is 1. The number of carbonyl (C=O) groups is 1. The van der Waals surface area contributed by atoms with Crippen LogP contribution < -0.4 is 5.32 Å². The summed E-state index contributed by atoms with van der Waals surface area (Å²) in [6, 6.07) is 6.96. The van der Waals surface area contributed by atoms with E-state index in [0.717, 1.165) is 14.8 Å². The molecule has 6 nitrogen and oxygen atoms in total. The zero-order chi connectivity index (χ0) is 18.8. The molecule has 10 heteroatoms. The number of benzene rings is 1. The van der Waals surface area contributed by atoms with E-state index in [9.17, 15) is 18.0 Å². The van der Waals surface area contributed by atoms with Gasteiger partial charge in [0.15, 0.2) is 4.77 Å². The van der Waals surface area contributed by atoms with Gasteiger partial charge in [-0.25, -0.2) is 4.68 Å². The largest absolute Gasteiger partial charge is 0.451 e. The number of rotatable bonds is 5. The van der Waals surface area contributed by atoms with Crippen LogP contribution in [-0.4, -0.2) is 39.3 Å². The number of halogens is 3. The number of alkyl halides is 3. The third kappa shape index (κ3) is 4.45. The molecule has 2 aromatic rings. The Bertz CT molecular complexity index is 810. The first-order valence-corrected chi connectivity index (χ1v) is 7.75. The van der Waals surface area contributed by atoms with Crippen LogP contribution in [0.1, 0.15) is 21.7 Å². The van der Waals surface area contributed by atoms with E-state index in [1.54, 1.807) is 43.3 Å². The fourth-order valence-corrected chi connectivity index (χ4v) is 2.51. The molecule has 1 aromatic carbocycles. The fourth-order valence-electron chi connectivity index (χ4n) is 2.32. The predicted octanol–water partition coefficient (Wildman–Crippen LogP) is 2.42. The Balaban J connectivity index is 2.09. The predicted molar refractivity (Wildman–Crippen MR) is 88.3 cm³/mol. The molecule has 1 amide bonds. The summed E-state index contributed by atoms with van der Waals surface area (Å²) >= 11 is 5.02. The molecule has 1 heterocycles. The summed E-state index contributed by atoms with van der Waals surface area (Å²) in [4.78, 5) is 13.3. The van der Waals surface area contributed by atoms with Crippen LogP contribution >= 0.6 is 12.2 Å². The van der Waals surface area contributed by atoms with Crippen molar-refractivity contribution in [1.29, 1.82) is 0 Å². The van der Waals surface area contributed by atoms with E-state index in [1.165, 1.54) is 7.05 Å². The summed E-state index contributed by atoms with van der Waals surface area (Å²) in [6.07, 6.45) is -4.55. The van der Waals surface area contributed by atoms with Gasteiger partial charge in [-0.05, 0) is 37.0 Å². The van der Waals surface area contributed by atoms with Crippen LogP contribution in [0.25, 0.3) is 0 Å². The first kappa shape index (κ1) is 19.1. The molecule has 1 N–H and O–H groups in total. The van der Waals surface area contributed by atoms with Crippen molar-refractivity contribution in [3.05, 3.63) is 46.0 Å². The number of hydrogen-bond donors (Lipinski definition) is 1. The summed E-state index contributed by atoms with van der Waals surface area (Å²) < 4.78 is 40.6. The highest BCUT2D eigenvalue weighted by Crippen LogP contribution is 2.27. The maximum Gasteiger partial charge on any atom is 0.451 e. The average Bonchev–Trinajstić information content (AvgIpc) is 2.83. The second-order valence-electron chi connectivity index (χ2n) is 5.59. The Kier molecular flexibility index (Phi) is 5.63. The second kappa shape index (κ2) is 7.36. The molecule has 0 aliphatic rings. The van der Waals surface area contributed by atoms with Crippen LogP contribution in [0.2, 0.25) is 0 Å². The number of amides is 1. The molecule has 2 rings (SSSR count). The summed E-state index contributed by atoms with van der Waals surface area (Å²) in [5, 5.41) is 6.10. The zero-order valence-electron chi connectivity index (χ0n) is 14.0. The lowest BCUT2D eigenvalue weighted by atomic mass is 10.1. The van der Waals surface area contributed by atoms with Gasteiger partial charge in [-0.3, -0.25) is 14.3 Å². The van der Waals surface area contributed by atoms with Crippen molar-refractivity contribution >= 4 is 18.1 Å². The maximum absolute atomic E-state index is 12.9. The number of aromatic nitrogens is 3. The third-order valence-corrected chi connectivity index (χ3v) is 4.05. The molecule has 0 saturated carbocycles. The Morgan fingerprint density at radius 3 is 2.40 bits per heavy atom. The Morgan fingerprint density at radius 1 is 1.32 bits per heavy atom. The van der Waals surface area contributed by atoms with Gasteiger partial charge in [0, 0.05) is 26.2 Å². The molecule has 0 unspecified atom stereocenters. The Labute approximate surface area is 147 Å². The molecule has 0 fully saturated rings. The molecule has 0 bridgehead atoms. The monoisotopic (exact) mass is 373 g/mol. The van der Waals surface area contributed by atoms with Crippen molar-refractivity contribution in [2.75, 3.05) is 14.1 Å². The quantitative estimate of drug-likeness (QED) is 0.818. The van der Waals surface area contributed by atoms with Gasteiger partial charge in [-0.1, -0.05) is 12.1 Å². The highest BCUT2D eigenvalue weighted by molar-refractivity contribution is 7.71. The summed E-state index contributed by atoms with van der Waals surface area (Å²) in [7, 11) is 4.54. The van der Waals surface area contributed by atoms with E-state index in [2.05, 4.69) is 10.4 Å². The van der Waals surface area contributed by atoms with Crippen LogP contribution in [0.4, 0.5) is 13.2 Å². The van der Waals surface area contributed by atoms with Crippen molar-refractivity contribution in [3.8, 4) is 0 Å².